The Morgan fingerprint density at radius 1 is 1.44 bits per heavy atom. The van der Waals surface area contributed by atoms with E-state index in [9.17, 15) is 0 Å². The van der Waals surface area contributed by atoms with Gasteiger partial charge in [0.1, 0.15) is 5.75 Å². The van der Waals surface area contributed by atoms with Crippen LogP contribution in [0, 0.1) is 0 Å². The van der Waals surface area contributed by atoms with Crippen molar-refractivity contribution >= 4 is 11.6 Å². The highest BCUT2D eigenvalue weighted by atomic mass is 35.5. The average Bonchev–Trinajstić information content (AvgIpc) is 2.80. The van der Waals surface area contributed by atoms with E-state index < -0.39 is 0 Å². The summed E-state index contributed by atoms with van der Waals surface area (Å²) in [5.74, 6) is 0.996. The van der Waals surface area contributed by atoms with Crippen LogP contribution in [0.4, 0.5) is 0 Å². The lowest BCUT2D eigenvalue weighted by atomic mass is 10.2. The van der Waals surface area contributed by atoms with Crippen molar-refractivity contribution in [2.24, 2.45) is 0 Å². The lowest BCUT2D eigenvalue weighted by Crippen LogP contribution is -2.00. The van der Waals surface area contributed by atoms with Gasteiger partial charge in [0.2, 0.25) is 12.2 Å². The minimum atomic E-state index is -0.137. The Labute approximate surface area is 96.6 Å². The van der Waals surface area contributed by atoms with Crippen LogP contribution in [0.15, 0.2) is 29.1 Å². The summed E-state index contributed by atoms with van der Waals surface area (Å²) in [6, 6.07) is 5.02. The molecule has 2 aromatic rings. The molecule has 84 valence electrons. The maximum Gasteiger partial charge on any atom is 0.213 e. The smallest absolute Gasteiger partial charge is 0.213 e. The van der Waals surface area contributed by atoms with Gasteiger partial charge in [-0.2, -0.15) is 4.98 Å². The summed E-state index contributed by atoms with van der Waals surface area (Å²) in [5, 5.41) is 13.3. The third-order valence-electron chi connectivity index (χ3n) is 1.96. The number of rotatable bonds is 4. The average molecular weight is 241 g/mol. The summed E-state index contributed by atoms with van der Waals surface area (Å²) in [6.07, 6.45) is 1.23. The van der Waals surface area contributed by atoms with Crippen molar-refractivity contribution in [3.05, 3.63) is 41.0 Å². The van der Waals surface area contributed by atoms with Crippen LogP contribution in [0.3, 0.4) is 0 Å². The van der Waals surface area contributed by atoms with Gasteiger partial charge >= 0.3 is 0 Å². The zero-order chi connectivity index (χ0) is 11.4. The third kappa shape index (κ3) is 2.50. The fourth-order valence-electron chi connectivity index (χ4n) is 1.21. The van der Waals surface area contributed by atoms with Gasteiger partial charge in [0.05, 0.1) is 6.61 Å². The van der Waals surface area contributed by atoms with Crippen LogP contribution in [0.25, 0.3) is 0 Å². The zero-order valence-corrected chi connectivity index (χ0v) is 9.02. The number of benzene rings is 1. The molecule has 2 rings (SSSR count). The highest BCUT2D eigenvalue weighted by Gasteiger charge is 2.05. The Bertz CT molecular complexity index is 459. The number of hydrogen-bond donors (Lipinski definition) is 1. The molecule has 0 bridgehead atoms. The van der Waals surface area contributed by atoms with E-state index in [2.05, 4.69) is 14.7 Å². The zero-order valence-electron chi connectivity index (χ0n) is 8.26. The van der Waals surface area contributed by atoms with Crippen molar-refractivity contribution in [2.45, 2.75) is 13.2 Å². The van der Waals surface area contributed by atoms with Gasteiger partial charge in [0, 0.05) is 10.6 Å². The minimum Gasteiger partial charge on any atom is -0.485 e. The molecule has 0 spiro atoms. The Hall–Kier alpha value is -1.59. The van der Waals surface area contributed by atoms with E-state index in [1.54, 1.807) is 18.2 Å². The molecule has 5 nitrogen and oxygen atoms in total. The quantitative estimate of drug-likeness (QED) is 0.883. The van der Waals surface area contributed by atoms with Crippen molar-refractivity contribution in [3.8, 4) is 5.75 Å². The molecule has 0 amide bonds. The van der Waals surface area contributed by atoms with Gasteiger partial charge in [0.25, 0.3) is 0 Å². The van der Waals surface area contributed by atoms with Gasteiger partial charge in [0.15, 0.2) is 6.61 Å². The van der Waals surface area contributed by atoms with Gasteiger partial charge in [-0.1, -0.05) is 16.8 Å². The standard InChI is InChI=1S/C10H9ClN2O3/c11-8-1-2-9(7(3-8)4-14)15-5-10-12-6-16-13-10/h1-3,6,14H,4-5H2. The van der Waals surface area contributed by atoms with Crippen LogP contribution in [-0.2, 0) is 13.2 Å². The number of aliphatic hydroxyl groups is 1. The van der Waals surface area contributed by atoms with Crippen molar-refractivity contribution in [1.29, 1.82) is 0 Å². The first-order valence-electron chi connectivity index (χ1n) is 4.57. The lowest BCUT2D eigenvalue weighted by Gasteiger charge is -2.08. The van der Waals surface area contributed by atoms with E-state index in [1.165, 1.54) is 6.39 Å². The Kier molecular flexibility index (Phi) is 3.38. The molecule has 1 aromatic heterocycles. The van der Waals surface area contributed by atoms with Crippen LogP contribution in [0.1, 0.15) is 11.4 Å². The van der Waals surface area contributed by atoms with E-state index in [0.29, 0.717) is 22.2 Å². The summed E-state index contributed by atoms with van der Waals surface area (Å²) < 4.78 is 9.99. The van der Waals surface area contributed by atoms with Gasteiger partial charge in [-0.05, 0) is 18.2 Å². The fourth-order valence-corrected chi connectivity index (χ4v) is 1.41. The molecule has 1 heterocycles. The van der Waals surface area contributed by atoms with Crippen LogP contribution in [0.2, 0.25) is 5.02 Å². The second-order valence-corrected chi connectivity index (χ2v) is 3.48. The maximum atomic E-state index is 9.11. The number of hydrogen-bond acceptors (Lipinski definition) is 5. The van der Waals surface area contributed by atoms with E-state index in [-0.39, 0.29) is 13.2 Å². The second-order valence-electron chi connectivity index (χ2n) is 3.05. The monoisotopic (exact) mass is 240 g/mol. The first-order valence-corrected chi connectivity index (χ1v) is 4.94. The number of aliphatic hydroxyl groups excluding tert-OH is 1. The van der Waals surface area contributed by atoms with Crippen molar-refractivity contribution < 1.29 is 14.4 Å². The van der Waals surface area contributed by atoms with E-state index in [1.807, 2.05) is 0 Å². The topological polar surface area (TPSA) is 68.4 Å². The predicted octanol–water partition coefficient (Wildman–Crippen LogP) is 1.79. The highest BCUT2D eigenvalue weighted by Crippen LogP contribution is 2.23. The molecule has 1 N–H and O–H groups in total. The molecule has 0 atom stereocenters. The van der Waals surface area contributed by atoms with E-state index in [0.717, 1.165) is 0 Å². The molecular weight excluding hydrogens is 232 g/mol. The number of aromatic nitrogens is 2. The summed E-state index contributed by atoms with van der Waals surface area (Å²) in [5.41, 5.74) is 0.621. The Morgan fingerprint density at radius 2 is 2.31 bits per heavy atom. The van der Waals surface area contributed by atoms with E-state index >= 15 is 0 Å². The number of nitrogens with zero attached hydrogens (tertiary/aromatic N) is 2. The predicted molar refractivity (Wildman–Crippen MR) is 56.0 cm³/mol. The molecule has 0 saturated carbocycles. The number of ether oxygens (including phenoxy) is 1. The normalized spacial score (nSPS) is 10.4. The maximum absolute atomic E-state index is 9.11. The van der Waals surface area contributed by atoms with Crippen LogP contribution in [0.5, 0.6) is 5.75 Å². The van der Waals surface area contributed by atoms with Crippen molar-refractivity contribution in [3.63, 3.8) is 0 Å². The van der Waals surface area contributed by atoms with Crippen LogP contribution in [-0.4, -0.2) is 15.2 Å². The summed E-state index contributed by atoms with van der Waals surface area (Å²) in [6.45, 7) is 0.0489. The van der Waals surface area contributed by atoms with Gasteiger partial charge in [-0.25, -0.2) is 0 Å². The molecule has 6 heteroatoms. The lowest BCUT2D eigenvalue weighted by molar-refractivity contribution is 0.253. The Morgan fingerprint density at radius 3 is 3.00 bits per heavy atom. The van der Waals surface area contributed by atoms with Crippen LogP contribution >= 0.6 is 11.6 Å². The second kappa shape index (κ2) is 4.96. The SMILES string of the molecule is OCc1cc(Cl)ccc1OCc1ncon1. The number of halogens is 1. The molecule has 1 aromatic carbocycles. The summed E-state index contributed by atoms with van der Waals surface area (Å²) in [4.78, 5) is 3.81. The molecule has 0 unspecified atom stereocenters. The molecule has 0 aliphatic heterocycles. The molecule has 0 aliphatic rings. The highest BCUT2D eigenvalue weighted by molar-refractivity contribution is 6.30. The first-order chi connectivity index (χ1) is 7.79. The minimum absolute atomic E-state index is 0.137. The van der Waals surface area contributed by atoms with Crippen LogP contribution < -0.4 is 4.74 Å². The Balaban J connectivity index is 2.09. The van der Waals surface area contributed by atoms with Crippen molar-refractivity contribution in [1.82, 2.24) is 10.1 Å². The third-order valence-corrected chi connectivity index (χ3v) is 2.19. The molecule has 0 radical (unpaired) electrons. The largest absolute Gasteiger partial charge is 0.485 e. The van der Waals surface area contributed by atoms with Gasteiger partial charge in [-0.3, -0.25) is 0 Å². The first kappa shape index (κ1) is 10.9. The van der Waals surface area contributed by atoms with Gasteiger partial charge in [-0.15, -0.1) is 0 Å². The summed E-state index contributed by atoms with van der Waals surface area (Å²) >= 11 is 5.79. The van der Waals surface area contributed by atoms with Gasteiger partial charge < -0.3 is 14.4 Å². The molecule has 0 saturated heterocycles. The fraction of sp³-hybridized carbons (Fsp3) is 0.200. The molecule has 16 heavy (non-hydrogen) atoms. The summed E-state index contributed by atoms with van der Waals surface area (Å²) in [7, 11) is 0. The molecular formula is C10H9ClN2O3. The molecule has 0 aliphatic carbocycles. The molecule has 0 fully saturated rings. The van der Waals surface area contributed by atoms with E-state index in [4.69, 9.17) is 21.4 Å². The van der Waals surface area contributed by atoms with Crippen molar-refractivity contribution in [2.75, 3.05) is 0 Å².